The highest BCUT2D eigenvalue weighted by atomic mass is 16.5. The van der Waals surface area contributed by atoms with Crippen LogP contribution in [0.15, 0.2) is 72.8 Å². The zero-order valence-corrected chi connectivity index (χ0v) is 13.1. The largest absolute Gasteiger partial charge is 0.457 e. The zero-order valence-electron chi connectivity index (χ0n) is 13.1. The number of esters is 1. The number of carbonyl (C=O) groups is 1. The molecule has 3 aromatic rings. The lowest BCUT2D eigenvalue weighted by Crippen LogP contribution is -2.01. The quantitative estimate of drug-likeness (QED) is 0.440. The third kappa shape index (κ3) is 2.76. The van der Waals surface area contributed by atoms with E-state index in [0.29, 0.717) is 12.2 Å². The molecular formula is C21H16O3. The summed E-state index contributed by atoms with van der Waals surface area (Å²) in [6, 6.07) is 23.8. The average Bonchev–Trinajstić information content (AvgIpc) is 3.02. The molecule has 0 amide bonds. The van der Waals surface area contributed by atoms with Crippen molar-refractivity contribution in [2.24, 2.45) is 0 Å². The van der Waals surface area contributed by atoms with E-state index in [4.69, 9.17) is 9.47 Å². The fraction of sp³-hybridized carbons (Fsp3) is 0.0952. The van der Waals surface area contributed by atoms with Crippen LogP contribution >= 0.6 is 0 Å². The zero-order chi connectivity index (χ0) is 16.4. The van der Waals surface area contributed by atoms with Crippen molar-refractivity contribution >= 4 is 5.97 Å². The van der Waals surface area contributed by atoms with E-state index in [1.54, 1.807) is 6.07 Å². The molecule has 2 aliphatic rings. The molecule has 3 aromatic carbocycles. The molecule has 0 unspecified atom stereocenters. The van der Waals surface area contributed by atoms with Crippen LogP contribution in [0.5, 0.6) is 11.5 Å². The van der Waals surface area contributed by atoms with E-state index in [2.05, 4.69) is 24.3 Å². The highest BCUT2D eigenvalue weighted by Gasteiger charge is 2.19. The Bertz CT molecular complexity index is 811. The van der Waals surface area contributed by atoms with E-state index in [0.717, 1.165) is 23.5 Å². The van der Waals surface area contributed by atoms with Crippen LogP contribution in [0.2, 0.25) is 0 Å². The minimum Gasteiger partial charge on any atom is -0.457 e. The fourth-order valence-corrected chi connectivity index (χ4v) is 2.89. The lowest BCUT2D eigenvalue weighted by Gasteiger charge is -2.19. The van der Waals surface area contributed by atoms with E-state index < -0.39 is 0 Å². The minimum absolute atomic E-state index is 0.199. The van der Waals surface area contributed by atoms with Gasteiger partial charge in [-0.3, -0.25) is 0 Å². The van der Waals surface area contributed by atoms with E-state index in [1.165, 1.54) is 11.1 Å². The van der Waals surface area contributed by atoms with Crippen molar-refractivity contribution in [3.05, 3.63) is 95.1 Å². The Hall–Kier alpha value is -3.07. The van der Waals surface area contributed by atoms with Gasteiger partial charge >= 0.3 is 5.97 Å². The van der Waals surface area contributed by atoms with Crippen LogP contribution < -0.4 is 4.74 Å². The summed E-state index contributed by atoms with van der Waals surface area (Å²) < 4.78 is 10.6. The van der Waals surface area contributed by atoms with Crippen molar-refractivity contribution in [1.82, 2.24) is 0 Å². The highest BCUT2D eigenvalue weighted by molar-refractivity contribution is 5.93. The molecule has 24 heavy (non-hydrogen) atoms. The number of para-hydroxylation sites is 2. The van der Waals surface area contributed by atoms with Gasteiger partial charge in [-0.2, -0.15) is 0 Å². The molecule has 2 aliphatic heterocycles. The van der Waals surface area contributed by atoms with Crippen molar-refractivity contribution in [1.29, 1.82) is 0 Å². The van der Waals surface area contributed by atoms with Crippen LogP contribution in [0.3, 0.4) is 0 Å². The third-order valence-electron chi connectivity index (χ3n) is 4.14. The standard InChI is InChI=1S/C13H10O.C8H6O2/c1-3-7-12-10(5-1)9-11-6-2-4-8-13(11)14-12;9-8-7-4-2-1-3-6(7)5-10-8/h1-8H,9H2;1-4H,5H2. The van der Waals surface area contributed by atoms with Gasteiger partial charge in [-0.1, -0.05) is 54.6 Å². The third-order valence-corrected chi connectivity index (χ3v) is 4.14. The summed E-state index contributed by atoms with van der Waals surface area (Å²) in [5.74, 6) is 1.79. The number of hydrogen-bond acceptors (Lipinski definition) is 3. The van der Waals surface area contributed by atoms with Crippen LogP contribution in [-0.4, -0.2) is 5.97 Å². The van der Waals surface area contributed by atoms with Crippen molar-refractivity contribution in [2.45, 2.75) is 13.0 Å². The molecule has 0 bridgehead atoms. The van der Waals surface area contributed by atoms with Crippen molar-refractivity contribution in [3.8, 4) is 11.5 Å². The van der Waals surface area contributed by atoms with Gasteiger partial charge < -0.3 is 9.47 Å². The first-order valence-corrected chi connectivity index (χ1v) is 7.90. The van der Waals surface area contributed by atoms with Gasteiger partial charge in [0.2, 0.25) is 0 Å². The lowest BCUT2D eigenvalue weighted by molar-refractivity contribution is 0.0535. The first-order chi connectivity index (χ1) is 11.8. The number of rotatable bonds is 0. The van der Waals surface area contributed by atoms with E-state index in [1.807, 2.05) is 42.5 Å². The molecule has 0 atom stereocenters. The van der Waals surface area contributed by atoms with Gasteiger partial charge in [0.05, 0.1) is 5.56 Å². The first kappa shape index (κ1) is 14.5. The second-order valence-electron chi connectivity index (χ2n) is 5.73. The number of carbonyl (C=O) groups excluding carboxylic acids is 1. The highest BCUT2D eigenvalue weighted by Crippen LogP contribution is 2.35. The topological polar surface area (TPSA) is 35.5 Å². The molecule has 0 N–H and O–H groups in total. The molecule has 118 valence electrons. The maximum Gasteiger partial charge on any atom is 0.338 e. The van der Waals surface area contributed by atoms with Crippen molar-refractivity contribution in [3.63, 3.8) is 0 Å². The summed E-state index contributed by atoms with van der Waals surface area (Å²) in [6.45, 7) is 0.439. The second kappa shape index (κ2) is 6.20. The summed E-state index contributed by atoms with van der Waals surface area (Å²) >= 11 is 0. The molecule has 0 spiro atoms. The summed E-state index contributed by atoms with van der Waals surface area (Å²) in [5.41, 5.74) is 4.24. The molecule has 3 nitrogen and oxygen atoms in total. The summed E-state index contributed by atoms with van der Waals surface area (Å²) in [6.07, 6.45) is 0.979. The first-order valence-electron chi connectivity index (χ1n) is 7.90. The fourth-order valence-electron chi connectivity index (χ4n) is 2.89. The van der Waals surface area contributed by atoms with Crippen LogP contribution in [0.4, 0.5) is 0 Å². The van der Waals surface area contributed by atoms with E-state index in [9.17, 15) is 4.79 Å². The number of hydrogen-bond donors (Lipinski definition) is 0. The SMILES string of the molecule is O=C1OCc2ccccc21.c1ccc2c(c1)Cc1ccccc1O2. The molecule has 5 rings (SSSR count). The second-order valence-corrected chi connectivity index (χ2v) is 5.73. The number of cyclic esters (lactones) is 1. The Morgan fingerprint density at radius 2 is 1.21 bits per heavy atom. The van der Waals surface area contributed by atoms with E-state index >= 15 is 0 Å². The summed E-state index contributed by atoms with van der Waals surface area (Å²) in [5, 5.41) is 0. The van der Waals surface area contributed by atoms with Crippen molar-refractivity contribution in [2.75, 3.05) is 0 Å². The predicted octanol–water partition coefficient (Wildman–Crippen LogP) is 4.74. The molecule has 0 radical (unpaired) electrons. The maximum absolute atomic E-state index is 10.8. The minimum atomic E-state index is -0.199. The Balaban J connectivity index is 0.000000129. The lowest BCUT2D eigenvalue weighted by atomic mass is 10.0. The summed E-state index contributed by atoms with van der Waals surface area (Å²) in [4.78, 5) is 10.8. The average molecular weight is 316 g/mol. The summed E-state index contributed by atoms with van der Waals surface area (Å²) in [7, 11) is 0. The van der Waals surface area contributed by atoms with Crippen LogP contribution in [-0.2, 0) is 17.8 Å². The molecule has 0 fully saturated rings. The smallest absolute Gasteiger partial charge is 0.338 e. The molecular weight excluding hydrogens is 300 g/mol. The van der Waals surface area contributed by atoms with Crippen LogP contribution in [0, 0.1) is 0 Å². The Morgan fingerprint density at radius 1 is 0.667 bits per heavy atom. The molecule has 0 aromatic heterocycles. The Morgan fingerprint density at radius 3 is 1.83 bits per heavy atom. The number of fused-ring (bicyclic) bond motifs is 3. The molecule has 0 saturated carbocycles. The maximum atomic E-state index is 10.8. The van der Waals surface area contributed by atoms with Gasteiger partial charge in [-0.15, -0.1) is 0 Å². The van der Waals surface area contributed by atoms with Gasteiger partial charge in [0.15, 0.2) is 0 Å². The van der Waals surface area contributed by atoms with Gasteiger partial charge in [0, 0.05) is 12.0 Å². The van der Waals surface area contributed by atoms with Gasteiger partial charge in [0.25, 0.3) is 0 Å². The molecule has 3 heteroatoms. The monoisotopic (exact) mass is 316 g/mol. The van der Waals surface area contributed by atoms with Gasteiger partial charge in [-0.25, -0.2) is 4.79 Å². The molecule has 0 saturated heterocycles. The van der Waals surface area contributed by atoms with Gasteiger partial charge in [0.1, 0.15) is 18.1 Å². The Kier molecular flexibility index (Phi) is 3.75. The molecule has 2 heterocycles. The van der Waals surface area contributed by atoms with Crippen molar-refractivity contribution < 1.29 is 14.3 Å². The predicted molar refractivity (Wildman–Crippen MR) is 91.3 cm³/mol. The molecule has 0 aliphatic carbocycles. The van der Waals surface area contributed by atoms with Gasteiger partial charge in [-0.05, 0) is 29.3 Å². The number of benzene rings is 3. The normalized spacial score (nSPS) is 13.4. The van der Waals surface area contributed by atoms with Crippen LogP contribution in [0.1, 0.15) is 27.0 Å². The van der Waals surface area contributed by atoms with Crippen LogP contribution in [0.25, 0.3) is 0 Å². The Labute approximate surface area is 140 Å². The van der Waals surface area contributed by atoms with E-state index in [-0.39, 0.29) is 5.97 Å². The number of ether oxygens (including phenoxy) is 2.